The lowest BCUT2D eigenvalue weighted by Crippen LogP contribution is -2.39. The zero-order valence-corrected chi connectivity index (χ0v) is 24.5. The molecule has 0 spiro atoms. The van der Waals surface area contributed by atoms with E-state index in [9.17, 15) is 4.79 Å². The molecule has 1 aromatic heterocycles. The third-order valence-corrected chi connectivity index (χ3v) is 9.02. The van der Waals surface area contributed by atoms with Crippen molar-refractivity contribution in [3.05, 3.63) is 155 Å². The van der Waals surface area contributed by atoms with Gasteiger partial charge in [-0.2, -0.15) is 0 Å². The molecule has 2 heterocycles. The van der Waals surface area contributed by atoms with Crippen LogP contribution in [-0.4, -0.2) is 11.7 Å². The second kappa shape index (κ2) is 11.1. The van der Waals surface area contributed by atoms with Crippen molar-refractivity contribution in [3.63, 3.8) is 0 Å². The number of thiazole rings is 1. The molecule has 0 unspecified atom stereocenters. The van der Waals surface area contributed by atoms with E-state index in [-0.39, 0.29) is 11.6 Å². The molecule has 1 atom stereocenters. The Kier molecular flexibility index (Phi) is 7.02. The van der Waals surface area contributed by atoms with Gasteiger partial charge >= 0.3 is 0 Å². The van der Waals surface area contributed by atoms with E-state index in [2.05, 4.69) is 30.3 Å². The molecule has 5 aromatic rings. The van der Waals surface area contributed by atoms with E-state index in [4.69, 9.17) is 26.1 Å². The number of hydrogen-bond acceptors (Lipinski definition) is 5. The Labute approximate surface area is 252 Å². The number of methoxy groups -OCH3 is 1. The number of ether oxygens (including phenoxy) is 2. The number of para-hydroxylation sites is 1. The van der Waals surface area contributed by atoms with Crippen molar-refractivity contribution in [2.24, 2.45) is 4.99 Å². The summed E-state index contributed by atoms with van der Waals surface area (Å²) in [5, 5.41) is 0.695. The molecule has 0 N–H and O–H groups in total. The molecule has 0 bridgehead atoms. The van der Waals surface area contributed by atoms with Gasteiger partial charge in [0, 0.05) is 16.1 Å². The van der Waals surface area contributed by atoms with Crippen molar-refractivity contribution in [1.29, 1.82) is 0 Å². The molecule has 7 rings (SSSR count). The SMILES string of the molecule is COc1ccccc1[C@@H]1C2=C(N=c3s/c(=C/c4cccc(OCc5ccc(Cl)cc5)c4)c(=O)n31)c1ccccc1CC2. The predicted octanol–water partition coefficient (Wildman–Crippen LogP) is 6.56. The number of hydrogen-bond donors (Lipinski definition) is 0. The topological polar surface area (TPSA) is 52.8 Å². The normalized spacial score (nSPS) is 15.9. The highest BCUT2D eigenvalue weighted by molar-refractivity contribution is 7.07. The molecule has 4 aromatic carbocycles. The molecule has 1 aliphatic carbocycles. The molecule has 7 heteroatoms. The Morgan fingerprint density at radius 3 is 2.64 bits per heavy atom. The van der Waals surface area contributed by atoms with Crippen LogP contribution in [0.1, 0.15) is 40.3 Å². The van der Waals surface area contributed by atoms with Crippen LogP contribution in [0.5, 0.6) is 11.5 Å². The van der Waals surface area contributed by atoms with Gasteiger partial charge in [0.1, 0.15) is 18.1 Å². The zero-order valence-electron chi connectivity index (χ0n) is 22.9. The molecule has 0 saturated heterocycles. The van der Waals surface area contributed by atoms with Crippen molar-refractivity contribution in [1.82, 2.24) is 4.57 Å². The summed E-state index contributed by atoms with van der Waals surface area (Å²) < 4.78 is 14.3. The van der Waals surface area contributed by atoms with Gasteiger partial charge in [-0.25, -0.2) is 4.99 Å². The van der Waals surface area contributed by atoms with E-state index < -0.39 is 0 Å². The first-order valence-electron chi connectivity index (χ1n) is 13.8. The quantitative estimate of drug-likeness (QED) is 0.225. The lowest BCUT2D eigenvalue weighted by molar-refractivity contribution is 0.306. The van der Waals surface area contributed by atoms with Crippen molar-refractivity contribution in [3.8, 4) is 11.5 Å². The number of aromatic nitrogens is 1. The van der Waals surface area contributed by atoms with Gasteiger partial charge in [0.05, 0.1) is 23.4 Å². The summed E-state index contributed by atoms with van der Waals surface area (Å²) in [5.74, 6) is 1.49. The third-order valence-electron chi connectivity index (χ3n) is 7.78. The van der Waals surface area contributed by atoms with Crippen LogP contribution in [0.25, 0.3) is 11.8 Å². The van der Waals surface area contributed by atoms with Gasteiger partial charge in [0.25, 0.3) is 5.56 Å². The monoisotopic (exact) mass is 590 g/mol. The van der Waals surface area contributed by atoms with Gasteiger partial charge in [-0.3, -0.25) is 9.36 Å². The van der Waals surface area contributed by atoms with Crippen molar-refractivity contribution < 1.29 is 9.47 Å². The van der Waals surface area contributed by atoms with Gasteiger partial charge in [0.15, 0.2) is 4.80 Å². The van der Waals surface area contributed by atoms with Gasteiger partial charge in [-0.15, -0.1) is 0 Å². The van der Waals surface area contributed by atoms with Gasteiger partial charge < -0.3 is 9.47 Å². The van der Waals surface area contributed by atoms with E-state index in [0.29, 0.717) is 21.0 Å². The smallest absolute Gasteiger partial charge is 0.271 e. The number of rotatable bonds is 6. The van der Waals surface area contributed by atoms with Crippen LogP contribution >= 0.6 is 22.9 Å². The van der Waals surface area contributed by atoms with E-state index >= 15 is 0 Å². The van der Waals surface area contributed by atoms with Crippen LogP contribution in [0.15, 0.2) is 112 Å². The van der Waals surface area contributed by atoms with E-state index in [1.54, 1.807) is 7.11 Å². The second-order valence-electron chi connectivity index (χ2n) is 10.3. The molecule has 0 saturated carbocycles. The van der Waals surface area contributed by atoms with Crippen LogP contribution < -0.4 is 24.4 Å². The summed E-state index contributed by atoms with van der Waals surface area (Å²) in [7, 11) is 1.68. The summed E-state index contributed by atoms with van der Waals surface area (Å²) in [4.78, 5) is 19.9. The molecule has 208 valence electrons. The predicted molar refractivity (Wildman–Crippen MR) is 168 cm³/mol. The van der Waals surface area contributed by atoms with E-state index in [0.717, 1.165) is 57.9 Å². The maximum atomic E-state index is 14.1. The highest BCUT2D eigenvalue weighted by atomic mass is 35.5. The summed E-state index contributed by atoms with van der Waals surface area (Å²) >= 11 is 7.42. The lowest BCUT2D eigenvalue weighted by atomic mass is 9.83. The summed E-state index contributed by atoms with van der Waals surface area (Å²) in [6.45, 7) is 0.425. The Balaban J connectivity index is 1.33. The highest BCUT2D eigenvalue weighted by Gasteiger charge is 2.33. The molecule has 0 radical (unpaired) electrons. The molecule has 42 heavy (non-hydrogen) atoms. The number of benzene rings is 4. The largest absolute Gasteiger partial charge is 0.496 e. The van der Waals surface area contributed by atoms with Crippen LogP contribution in [0.2, 0.25) is 5.02 Å². The maximum Gasteiger partial charge on any atom is 0.271 e. The fourth-order valence-corrected chi connectivity index (χ4v) is 6.91. The standard InChI is InChI=1S/C35H27ClN2O3S/c1-40-30-12-5-4-11-28(30)33-29-18-15-24-8-2-3-10-27(24)32(29)37-35-38(33)34(39)31(42-35)20-23-7-6-9-26(19-23)41-21-22-13-16-25(36)17-14-22/h2-14,16-17,19-20,33H,15,18,21H2,1H3/b31-20+/t33-/m1/s1. The average molecular weight is 591 g/mol. The van der Waals surface area contributed by atoms with E-state index in [1.165, 1.54) is 16.9 Å². The minimum Gasteiger partial charge on any atom is -0.496 e. The van der Waals surface area contributed by atoms with Crippen LogP contribution in [0, 0.1) is 0 Å². The van der Waals surface area contributed by atoms with Crippen molar-refractivity contribution in [2.45, 2.75) is 25.5 Å². The molecule has 5 nitrogen and oxygen atoms in total. The molecular weight excluding hydrogens is 564 g/mol. The molecule has 2 aliphatic rings. The number of aryl methyl sites for hydroxylation is 1. The Hall–Kier alpha value is -4.39. The number of allylic oxidation sites excluding steroid dienone is 1. The van der Waals surface area contributed by atoms with Crippen LogP contribution in [0.4, 0.5) is 0 Å². The second-order valence-corrected chi connectivity index (χ2v) is 11.8. The lowest BCUT2D eigenvalue weighted by Gasteiger charge is -2.31. The van der Waals surface area contributed by atoms with E-state index in [1.807, 2.05) is 77.4 Å². The molecule has 1 aliphatic heterocycles. The van der Waals surface area contributed by atoms with Crippen LogP contribution in [-0.2, 0) is 13.0 Å². The minimum absolute atomic E-state index is 0.0625. The van der Waals surface area contributed by atoms with Gasteiger partial charge in [-0.1, -0.05) is 89.7 Å². The average Bonchev–Trinajstić information content (AvgIpc) is 3.33. The first kappa shape index (κ1) is 26.5. The summed E-state index contributed by atoms with van der Waals surface area (Å²) in [6, 6.07) is 31.5. The fourth-order valence-electron chi connectivity index (χ4n) is 5.78. The number of nitrogens with zero attached hydrogens (tertiary/aromatic N) is 2. The molecule has 0 amide bonds. The first-order chi connectivity index (χ1) is 20.6. The summed E-state index contributed by atoms with van der Waals surface area (Å²) in [6.07, 6.45) is 3.66. The zero-order chi connectivity index (χ0) is 28.6. The maximum absolute atomic E-state index is 14.1. The summed E-state index contributed by atoms with van der Waals surface area (Å²) in [5.41, 5.74) is 7.36. The Bertz CT molecular complexity index is 2020. The number of fused-ring (bicyclic) bond motifs is 3. The van der Waals surface area contributed by atoms with Gasteiger partial charge in [-0.05, 0) is 71.5 Å². The van der Waals surface area contributed by atoms with Crippen LogP contribution in [0.3, 0.4) is 0 Å². The molecule has 0 fully saturated rings. The Morgan fingerprint density at radius 2 is 1.79 bits per heavy atom. The van der Waals surface area contributed by atoms with Gasteiger partial charge in [0.2, 0.25) is 0 Å². The van der Waals surface area contributed by atoms with Crippen molar-refractivity contribution >= 4 is 34.7 Å². The number of halogens is 1. The fraction of sp³-hybridized carbons (Fsp3) is 0.143. The first-order valence-corrected chi connectivity index (χ1v) is 15.0. The third kappa shape index (κ3) is 4.87. The Morgan fingerprint density at radius 1 is 0.976 bits per heavy atom. The minimum atomic E-state index is -0.294. The highest BCUT2D eigenvalue weighted by Crippen LogP contribution is 2.43. The molecular formula is C35H27ClN2O3S. The van der Waals surface area contributed by atoms with Crippen molar-refractivity contribution in [2.75, 3.05) is 7.11 Å².